The van der Waals surface area contributed by atoms with E-state index in [9.17, 15) is 5.11 Å². The summed E-state index contributed by atoms with van der Waals surface area (Å²) in [4.78, 5) is 16.0. The van der Waals surface area contributed by atoms with E-state index in [1.54, 1.807) is 0 Å². The maximum Gasteiger partial charge on any atom is 0.314 e. The van der Waals surface area contributed by atoms with E-state index in [1.165, 1.54) is 0 Å². The molecular weight excluding hydrogens is 404 g/mol. The van der Waals surface area contributed by atoms with Crippen LogP contribution in [0, 0.1) is 6.92 Å². The first kappa shape index (κ1) is 16.3. The normalized spacial score (nSPS) is 8.50. The molecule has 0 spiro atoms. The number of hydrogen-bond acceptors (Lipinski definition) is 4. The molecule has 1 aromatic heterocycles. The molecule has 2 N–H and O–H groups in total. The number of aromatic hydroxyl groups is 1. The molecule has 94 valence electrons. The standard InChI is InChI=1S/C11H10N2O.CHO2.W/c1-8-7-10(13-11(14)12-8)9-5-3-2-4-6-9;2-1-3;/h2-7H,1H3,(H,12,13,14);(H,2,3);/q;-1;. The van der Waals surface area contributed by atoms with Crippen LogP contribution >= 0.6 is 0 Å². The van der Waals surface area contributed by atoms with Crippen LogP contribution in [0.4, 0.5) is 0 Å². The van der Waals surface area contributed by atoms with Crippen molar-refractivity contribution in [1.82, 2.24) is 9.97 Å². The number of benzene rings is 1. The van der Waals surface area contributed by atoms with Crippen molar-refractivity contribution in [2.75, 3.05) is 0 Å². The van der Waals surface area contributed by atoms with Crippen LogP contribution in [0.5, 0.6) is 6.01 Å². The molecule has 0 atom stereocenters. The summed E-state index contributed by atoms with van der Waals surface area (Å²) >= 11 is 0. The van der Waals surface area contributed by atoms with Gasteiger partial charge in [0.05, 0.1) is 5.69 Å². The van der Waals surface area contributed by atoms with Crippen LogP contribution in [0.1, 0.15) is 5.69 Å². The zero-order chi connectivity index (χ0) is 12.7. The molecule has 0 fully saturated rings. The molecule has 0 aliphatic carbocycles. The van der Waals surface area contributed by atoms with Gasteiger partial charge in [0.25, 0.3) is 0 Å². The fourth-order valence-electron chi connectivity index (χ4n) is 1.31. The predicted molar refractivity (Wildman–Crippen MR) is 62.2 cm³/mol. The zero-order valence-electron chi connectivity index (χ0n) is 9.57. The number of nitrogens with zero attached hydrogens (tertiary/aromatic N) is 2. The van der Waals surface area contributed by atoms with Crippen molar-refractivity contribution in [1.29, 1.82) is 0 Å². The Balaban J connectivity index is 0.000000660. The SMILES string of the molecule is Cc1cc(-c2ccccc2)nc(O)n1.O=[C-]O.[W]. The van der Waals surface area contributed by atoms with E-state index in [1.807, 2.05) is 43.3 Å². The van der Waals surface area contributed by atoms with Gasteiger partial charge in [0.1, 0.15) is 0 Å². The van der Waals surface area contributed by atoms with E-state index < -0.39 is 0 Å². The van der Waals surface area contributed by atoms with Gasteiger partial charge in [-0.15, -0.1) is 0 Å². The first-order valence-corrected chi connectivity index (χ1v) is 4.78. The Morgan fingerprint density at radius 1 is 1.17 bits per heavy atom. The summed E-state index contributed by atoms with van der Waals surface area (Å²) in [5.41, 5.74) is 2.49. The van der Waals surface area contributed by atoms with Gasteiger partial charge in [-0.3, -0.25) is 0 Å². The summed E-state index contributed by atoms with van der Waals surface area (Å²) in [6.07, 6.45) is 0. The Bertz CT molecular complexity index is 472. The molecule has 0 bridgehead atoms. The second-order valence-corrected chi connectivity index (χ2v) is 3.15. The molecule has 18 heavy (non-hydrogen) atoms. The largest absolute Gasteiger partial charge is 0.665 e. The van der Waals surface area contributed by atoms with Crippen molar-refractivity contribution in [2.45, 2.75) is 6.92 Å². The molecule has 0 saturated carbocycles. The topological polar surface area (TPSA) is 83.3 Å². The number of hydrogen-bond donors (Lipinski definition) is 2. The summed E-state index contributed by atoms with van der Waals surface area (Å²) in [6, 6.07) is 11.4. The first-order chi connectivity index (χ1) is 8.17. The number of rotatable bonds is 1. The third-order valence-electron chi connectivity index (χ3n) is 1.91. The van der Waals surface area contributed by atoms with E-state index in [4.69, 9.17) is 9.90 Å². The van der Waals surface area contributed by atoms with E-state index in [0.717, 1.165) is 17.0 Å². The molecule has 5 nitrogen and oxygen atoms in total. The molecular formula is C12H11N2O3W-. The summed E-state index contributed by atoms with van der Waals surface area (Å²) < 4.78 is 0. The Kier molecular flexibility index (Phi) is 7.55. The number of aromatic nitrogens is 2. The molecule has 0 aliphatic heterocycles. The van der Waals surface area contributed by atoms with Gasteiger partial charge in [0.15, 0.2) is 0 Å². The Morgan fingerprint density at radius 3 is 2.22 bits per heavy atom. The average Bonchev–Trinajstić information content (AvgIpc) is 2.30. The van der Waals surface area contributed by atoms with Crippen molar-refractivity contribution >= 4 is 6.47 Å². The molecule has 2 aromatic rings. The van der Waals surface area contributed by atoms with Crippen LogP contribution in [0.25, 0.3) is 11.3 Å². The van der Waals surface area contributed by atoms with Crippen molar-refractivity contribution in [3.8, 4) is 17.3 Å². The quantitative estimate of drug-likeness (QED) is 0.694. The summed E-state index contributed by atoms with van der Waals surface area (Å²) in [6.45, 7) is 2.33. The summed E-state index contributed by atoms with van der Waals surface area (Å²) in [7, 11) is 0. The fourth-order valence-corrected chi connectivity index (χ4v) is 1.31. The maximum absolute atomic E-state index is 9.23. The third-order valence-corrected chi connectivity index (χ3v) is 1.91. The second-order valence-electron chi connectivity index (χ2n) is 3.15. The van der Waals surface area contributed by atoms with Crippen LogP contribution in [0.2, 0.25) is 0 Å². The van der Waals surface area contributed by atoms with E-state index in [2.05, 4.69) is 9.97 Å². The van der Waals surface area contributed by atoms with Gasteiger partial charge < -0.3 is 15.0 Å². The van der Waals surface area contributed by atoms with E-state index in [-0.39, 0.29) is 27.1 Å². The minimum Gasteiger partial charge on any atom is -0.665 e. The Hall–Kier alpha value is -1.74. The van der Waals surface area contributed by atoms with Gasteiger partial charge in [-0.1, -0.05) is 36.8 Å². The molecule has 0 radical (unpaired) electrons. The molecule has 0 aliphatic rings. The molecule has 2 rings (SSSR count). The third kappa shape index (κ3) is 5.06. The number of aryl methyl sites for hydroxylation is 1. The van der Waals surface area contributed by atoms with Crippen LogP contribution in [0.15, 0.2) is 36.4 Å². The van der Waals surface area contributed by atoms with Crippen LogP contribution in [-0.2, 0) is 25.9 Å². The minimum absolute atomic E-state index is 0. The number of aliphatic hydroxyl groups excluding tert-OH is 1. The van der Waals surface area contributed by atoms with Gasteiger partial charge >= 0.3 is 6.01 Å². The smallest absolute Gasteiger partial charge is 0.314 e. The van der Waals surface area contributed by atoms with Crippen molar-refractivity contribution < 1.29 is 36.1 Å². The fraction of sp³-hybridized carbons (Fsp3) is 0.0833. The minimum atomic E-state index is -0.177. The Labute approximate surface area is 119 Å². The molecule has 6 heteroatoms. The molecule has 0 unspecified atom stereocenters. The Morgan fingerprint density at radius 2 is 1.72 bits per heavy atom. The van der Waals surface area contributed by atoms with Gasteiger partial charge in [-0.2, -0.15) is 4.98 Å². The average molecular weight is 415 g/mol. The van der Waals surface area contributed by atoms with Gasteiger partial charge in [-0.05, 0) is 13.0 Å². The molecule has 1 aromatic carbocycles. The van der Waals surface area contributed by atoms with Crippen LogP contribution in [-0.4, -0.2) is 26.7 Å². The second kappa shape index (κ2) is 8.36. The van der Waals surface area contributed by atoms with Crippen molar-refractivity contribution in [3.05, 3.63) is 42.1 Å². The molecule has 0 amide bonds. The summed E-state index contributed by atoms with van der Waals surface area (Å²) in [5, 5.41) is 16.0. The molecule has 1 heterocycles. The first-order valence-electron chi connectivity index (χ1n) is 4.78. The zero-order valence-corrected chi connectivity index (χ0v) is 12.5. The van der Waals surface area contributed by atoms with E-state index >= 15 is 0 Å². The summed E-state index contributed by atoms with van der Waals surface area (Å²) in [5.74, 6) is 0. The maximum atomic E-state index is 9.23. The molecule has 0 saturated heterocycles. The van der Waals surface area contributed by atoms with Crippen molar-refractivity contribution in [3.63, 3.8) is 0 Å². The van der Waals surface area contributed by atoms with Crippen molar-refractivity contribution in [2.24, 2.45) is 0 Å². The van der Waals surface area contributed by atoms with E-state index in [0.29, 0.717) is 6.47 Å². The van der Waals surface area contributed by atoms with Crippen LogP contribution in [0.3, 0.4) is 0 Å². The predicted octanol–water partition coefficient (Wildman–Crippen LogP) is 1.77. The van der Waals surface area contributed by atoms with Gasteiger partial charge in [0, 0.05) is 32.3 Å². The van der Waals surface area contributed by atoms with Crippen LogP contribution < -0.4 is 0 Å². The van der Waals surface area contributed by atoms with Gasteiger partial charge in [0.2, 0.25) is 0 Å². The monoisotopic (exact) mass is 415 g/mol. The van der Waals surface area contributed by atoms with Gasteiger partial charge in [-0.25, -0.2) is 4.98 Å².